The molecule has 1 unspecified atom stereocenters. The van der Waals surface area contributed by atoms with Gasteiger partial charge in [-0.1, -0.05) is 0 Å². The van der Waals surface area contributed by atoms with Crippen LogP contribution in [-0.4, -0.2) is 67.7 Å². The molecule has 1 fully saturated rings. The molecule has 15 heteroatoms. The summed E-state index contributed by atoms with van der Waals surface area (Å²) < 4.78 is 85.7. The molecule has 206 valence electrons. The SMILES string of the molecule is Cn1ncc2c(N)nc3ccc(C(=O)N(Cc4ccc(C(F)(F)F)cn4)N4CCOC(C(F)(F)F)C4)cc3c21. The van der Waals surface area contributed by atoms with E-state index >= 15 is 0 Å². The van der Waals surface area contributed by atoms with Crippen molar-refractivity contribution >= 4 is 33.5 Å². The van der Waals surface area contributed by atoms with Gasteiger partial charge in [0.1, 0.15) is 5.82 Å². The summed E-state index contributed by atoms with van der Waals surface area (Å²) in [5.74, 6) is -0.445. The van der Waals surface area contributed by atoms with E-state index in [0.29, 0.717) is 28.0 Å². The van der Waals surface area contributed by atoms with Gasteiger partial charge in [0.15, 0.2) is 6.10 Å². The summed E-state index contributed by atoms with van der Waals surface area (Å²) in [6, 6.07) is 6.42. The minimum atomic E-state index is -4.68. The Morgan fingerprint density at radius 3 is 2.56 bits per heavy atom. The van der Waals surface area contributed by atoms with Gasteiger partial charge in [-0.15, -0.1) is 0 Å². The van der Waals surface area contributed by atoms with Crippen LogP contribution in [0.25, 0.3) is 21.8 Å². The van der Waals surface area contributed by atoms with Crippen molar-refractivity contribution in [2.75, 3.05) is 25.4 Å². The molecule has 4 heterocycles. The molecule has 4 aromatic rings. The summed E-state index contributed by atoms with van der Waals surface area (Å²) in [4.78, 5) is 21.9. The number of carbonyl (C=O) groups is 1. The number of fused-ring (bicyclic) bond motifs is 3. The van der Waals surface area contributed by atoms with Crippen molar-refractivity contribution in [1.82, 2.24) is 29.8 Å². The Bertz CT molecular complexity index is 1530. The number of ether oxygens (including phenoxy) is 1. The molecule has 1 atom stereocenters. The number of benzene rings is 1. The molecule has 9 nitrogen and oxygen atoms in total. The fourth-order valence-electron chi connectivity index (χ4n) is 4.43. The smallest absolute Gasteiger partial charge is 0.383 e. The van der Waals surface area contributed by atoms with Crippen molar-refractivity contribution in [2.45, 2.75) is 25.0 Å². The molecule has 0 bridgehead atoms. The minimum absolute atomic E-state index is 0.0515. The van der Waals surface area contributed by atoms with Crippen molar-refractivity contribution in [3.05, 3.63) is 59.5 Å². The number of hydrazine groups is 1. The van der Waals surface area contributed by atoms with Crippen LogP contribution < -0.4 is 5.73 Å². The highest BCUT2D eigenvalue weighted by atomic mass is 19.4. The average molecular weight is 553 g/mol. The van der Waals surface area contributed by atoms with Gasteiger partial charge < -0.3 is 10.5 Å². The number of anilines is 1. The van der Waals surface area contributed by atoms with Crippen LogP contribution in [0.3, 0.4) is 0 Å². The van der Waals surface area contributed by atoms with Gasteiger partial charge in [0.05, 0.1) is 53.6 Å². The Balaban J connectivity index is 1.54. The number of rotatable bonds is 4. The van der Waals surface area contributed by atoms with Gasteiger partial charge in [-0.3, -0.25) is 19.5 Å². The van der Waals surface area contributed by atoms with Gasteiger partial charge in [-0.2, -0.15) is 31.4 Å². The van der Waals surface area contributed by atoms with Crippen LogP contribution >= 0.6 is 0 Å². The van der Waals surface area contributed by atoms with Crippen molar-refractivity contribution in [3.63, 3.8) is 0 Å². The molecular weight excluding hydrogens is 532 g/mol. The van der Waals surface area contributed by atoms with E-state index in [-0.39, 0.29) is 36.8 Å². The Hall–Kier alpha value is -3.98. The third-order valence-corrected chi connectivity index (χ3v) is 6.40. The predicted molar refractivity (Wildman–Crippen MR) is 127 cm³/mol. The van der Waals surface area contributed by atoms with E-state index in [4.69, 9.17) is 10.5 Å². The van der Waals surface area contributed by atoms with Crippen molar-refractivity contribution in [2.24, 2.45) is 7.05 Å². The van der Waals surface area contributed by atoms with E-state index in [9.17, 15) is 31.1 Å². The molecule has 39 heavy (non-hydrogen) atoms. The van der Waals surface area contributed by atoms with Gasteiger partial charge >= 0.3 is 12.4 Å². The van der Waals surface area contributed by atoms with Crippen LogP contribution in [0.15, 0.2) is 42.7 Å². The van der Waals surface area contributed by atoms with Gasteiger partial charge in [-0.05, 0) is 30.3 Å². The number of halogens is 6. The highest BCUT2D eigenvalue weighted by molar-refractivity contribution is 6.10. The van der Waals surface area contributed by atoms with Crippen molar-refractivity contribution < 1.29 is 35.9 Å². The van der Waals surface area contributed by atoms with E-state index in [1.165, 1.54) is 23.3 Å². The van der Waals surface area contributed by atoms with Gasteiger partial charge in [0.2, 0.25) is 0 Å². The lowest BCUT2D eigenvalue weighted by Gasteiger charge is -2.40. The second-order valence-corrected chi connectivity index (χ2v) is 8.97. The largest absolute Gasteiger partial charge is 0.417 e. The summed E-state index contributed by atoms with van der Waals surface area (Å²) in [7, 11) is 1.68. The first-order valence-electron chi connectivity index (χ1n) is 11.6. The van der Waals surface area contributed by atoms with Crippen LogP contribution in [0.1, 0.15) is 21.6 Å². The Morgan fingerprint density at radius 1 is 1.13 bits per heavy atom. The van der Waals surface area contributed by atoms with E-state index in [2.05, 4.69) is 15.1 Å². The molecule has 1 saturated heterocycles. The number of carbonyl (C=O) groups excluding carboxylic acids is 1. The standard InChI is InChI=1S/C24H21F6N7O2/c1-35-20-16-8-13(2-5-18(16)34-21(31)17(20)10-33-35)22(38)37(36-6-7-39-19(12-36)24(28,29)30)11-15-4-3-14(9-32-15)23(25,26)27/h2-5,8-10,19H,6-7,11-12H2,1H3,(H2,31,34). The number of hydrogen-bond donors (Lipinski definition) is 1. The number of amides is 1. The first kappa shape index (κ1) is 26.6. The molecular formula is C24H21F6N7O2. The minimum Gasteiger partial charge on any atom is -0.383 e. The maximum atomic E-state index is 13.8. The van der Waals surface area contributed by atoms with Gasteiger partial charge in [-0.25, -0.2) is 9.99 Å². The predicted octanol–water partition coefficient (Wildman–Crippen LogP) is 3.94. The lowest BCUT2D eigenvalue weighted by atomic mass is 10.1. The Labute approximate surface area is 216 Å². The molecule has 0 radical (unpaired) electrons. The molecule has 0 spiro atoms. The fourth-order valence-corrected chi connectivity index (χ4v) is 4.43. The van der Waals surface area contributed by atoms with Gasteiger partial charge in [0, 0.05) is 30.7 Å². The zero-order chi connectivity index (χ0) is 28.1. The van der Waals surface area contributed by atoms with E-state index in [0.717, 1.165) is 17.1 Å². The molecule has 5 rings (SSSR count). The Kier molecular flexibility index (Phi) is 6.58. The lowest BCUT2D eigenvalue weighted by Crippen LogP contribution is -2.56. The zero-order valence-electron chi connectivity index (χ0n) is 20.3. The average Bonchev–Trinajstić information content (AvgIpc) is 3.28. The van der Waals surface area contributed by atoms with Crippen LogP contribution in [-0.2, 0) is 24.5 Å². The summed E-state index contributed by atoms with van der Waals surface area (Å²) in [6.07, 6.45) is -9.31. The number of nitrogens with zero attached hydrogens (tertiary/aromatic N) is 6. The Morgan fingerprint density at radius 2 is 1.90 bits per heavy atom. The summed E-state index contributed by atoms with van der Waals surface area (Å²) in [5.41, 5.74) is 6.27. The number of morpholine rings is 1. The molecule has 3 aromatic heterocycles. The monoisotopic (exact) mass is 553 g/mol. The number of aryl methyl sites for hydroxylation is 1. The molecule has 1 amide bonds. The number of nitrogens with two attached hydrogens (primary N) is 1. The third kappa shape index (κ3) is 5.18. The number of aromatic nitrogens is 4. The van der Waals surface area contributed by atoms with Crippen molar-refractivity contribution in [1.29, 1.82) is 0 Å². The van der Waals surface area contributed by atoms with Crippen LogP contribution in [0.2, 0.25) is 0 Å². The topological polar surface area (TPSA) is 102 Å². The van der Waals surface area contributed by atoms with Crippen LogP contribution in [0.5, 0.6) is 0 Å². The molecule has 1 aliphatic heterocycles. The maximum Gasteiger partial charge on any atom is 0.417 e. The summed E-state index contributed by atoms with van der Waals surface area (Å²) in [6.45, 7) is -1.43. The molecule has 0 aliphatic carbocycles. The lowest BCUT2D eigenvalue weighted by molar-refractivity contribution is -0.250. The summed E-state index contributed by atoms with van der Waals surface area (Å²) in [5, 5.41) is 7.50. The van der Waals surface area contributed by atoms with E-state index in [1.54, 1.807) is 17.8 Å². The van der Waals surface area contributed by atoms with E-state index < -0.39 is 36.5 Å². The van der Waals surface area contributed by atoms with Crippen LogP contribution in [0, 0.1) is 0 Å². The van der Waals surface area contributed by atoms with E-state index in [1.807, 2.05) is 0 Å². The van der Waals surface area contributed by atoms with Crippen molar-refractivity contribution in [3.8, 4) is 0 Å². The number of hydrogen-bond acceptors (Lipinski definition) is 7. The molecule has 2 N–H and O–H groups in total. The molecule has 1 aromatic carbocycles. The third-order valence-electron chi connectivity index (χ3n) is 6.40. The second kappa shape index (κ2) is 9.64. The number of nitrogen functional groups attached to an aromatic ring is 1. The maximum absolute atomic E-state index is 13.8. The summed E-state index contributed by atoms with van der Waals surface area (Å²) >= 11 is 0. The first-order chi connectivity index (χ1) is 18.3. The first-order valence-corrected chi connectivity index (χ1v) is 11.6. The quantitative estimate of drug-likeness (QED) is 0.382. The normalized spacial score (nSPS) is 17.2. The van der Waals surface area contributed by atoms with Crippen LogP contribution in [0.4, 0.5) is 32.2 Å². The second-order valence-electron chi connectivity index (χ2n) is 8.97. The molecule has 0 saturated carbocycles. The van der Waals surface area contributed by atoms with Gasteiger partial charge in [0.25, 0.3) is 5.91 Å². The zero-order valence-corrected chi connectivity index (χ0v) is 20.3. The fraction of sp³-hybridized carbons (Fsp3) is 0.333. The number of pyridine rings is 2. The highest BCUT2D eigenvalue weighted by Crippen LogP contribution is 2.31. The number of alkyl halides is 6. The molecule has 1 aliphatic rings. The highest BCUT2D eigenvalue weighted by Gasteiger charge is 2.45.